The maximum Gasteiger partial charge on any atom is 0.427 e. The minimum absolute atomic E-state index is 0.0409. The van der Waals surface area contributed by atoms with Gasteiger partial charge in [-0.05, 0) is 30.7 Å². The van der Waals surface area contributed by atoms with Crippen molar-refractivity contribution in [1.82, 2.24) is 4.72 Å². The Labute approximate surface area is 95.7 Å². The van der Waals surface area contributed by atoms with Crippen LogP contribution in [0.4, 0.5) is 9.18 Å². The van der Waals surface area contributed by atoms with Crippen LogP contribution in [0.5, 0.6) is 5.75 Å². The molecule has 0 aliphatic carbocycles. The highest BCUT2D eigenvalue weighted by Crippen LogP contribution is 2.18. The lowest BCUT2D eigenvalue weighted by molar-refractivity contribution is 0.206. The summed E-state index contributed by atoms with van der Waals surface area (Å²) >= 11 is 0. The Hall–Kier alpha value is -1.34. The zero-order valence-electron chi connectivity index (χ0n) is 8.03. The Morgan fingerprint density at radius 1 is 1.50 bits per heavy atom. The van der Waals surface area contributed by atoms with E-state index in [4.69, 9.17) is 10.7 Å². The van der Waals surface area contributed by atoms with E-state index >= 15 is 0 Å². The van der Waals surface area contributed by atoms with Crippen LogP contribution in [-0.2, 0) is 9.24 Å². The summed E-state index contributed by atoms with van der Waals surface area (Å²) in [7, 11) is 0.569. The van der Waals surface area contributed by atoms with Gasteiger partial charge in [-0.2, -0.15) is 8.42 Å². The normalized spacial score (nSPS) is 10.9. The van der Waals surface area contributed by atoms with Gasteiger partial charge in [0.05, 0.1) is 0 Å². The van der Waals surface area contributed by atoms with Crippen LogP contribution >= 0.6 is 10.7 Å². The number of hydrogen-bond donors (Lipinski definition) is 1. The predicted octanol–water partition coefficient (Wildman–Crippen LogP) is 1.71. The second kappa shape index (κ2) is 4.67. The van der Waals surface area contributed by atoms with Gasteiger partial charge < -0.3 is 4.74 Å². The zero-order chi connectivity index (χ0) is 12.3. The third-order valence-electron chi connectivity index (χ3n) is 1.54. The number of amides is 1. The van der Waals surface area contributed by atoms with Crippen molar-refractivity contribution >= 4 is 26.0 Å². The molecular formula is C8H7ClFNO4S. The van der Waals surface area contributed by atoms with Gasteiger partial charge in [0.2, 0.25) is 0 Å². The molecule has 0 radical (unpaired) electrons. The van der Waals surface area contributed by atoms with E-state index in [9.17, 15) is 17.6 Å². The second-order valence-corrected chi connectivity index (χ2v) is 5.14. The second-order valence-electron chi connectivity index (χ2n) is 2.84. The summed E-state index contributed by atoms with van der Waals surface area (Å²) in [5.74, 6) is -0.450. The molecule has 1 amide bonds. The standard InChI is InChI=1S/C8H7ClFNO4S/c1-5-4-6(10)2-3-7(5)15-8(12)11-16(9,13)14/h2-4H,1H3,(H,11,12). The highest BCUT2D eigenvalue weighted by atomic mass is 35.7. The van der Waals surface area contributed by atoms with Crippen LogP contribution in [0.2, 0.25) is 0 Å². The number of benzene rings is 1. The van der Waals surface area contributed by atoms with E-state index in [1.54, 1.807) is 0 Å². The first kappa shape index (κ1) is 12.7. The van der Waals surface area contributed by atoms with Crippen LogP contribution in [-0.4, -0.2) is 14.5 Å². The molecule has 1 aromatic carbocycles. The van der Waals surface area contributed by atoms with Gasteiger partial charge in [-0.3, -0.25) is 0 Å². The lowest BCUT2D eigenvalue weighted by atomic mass is 10.2. The van der Waals surface area contributed by atoms with E-state index in [2.05, 4.69) is 4.74 Å². The average Bonchev–Trinajstić information content (AvgIpc) is 2.06. The summed E-state index contributed by atoms with van der Waals surface area (Å²) < 4.78 is 39.6. The number of ether oxygens (including phenoxy) is 1. The lowest BCUT2D eigenvalue weighted by Gasteiger charge is -2.06. The quantitative estimate of drug-likeness (QED) is 0.828. The Morgan fingerprint density at radius 3 is 2.62 bits per heavy atom. The third kappa shape index (κ3) is 4.03. The van der Waals surface area contributed by atoms with Crippen molar-refractivity contribution in [3.8, 4) is 5.75 Å². The summed E-state index contributed by atoms with van der Waals surface area (Å²) in [6, 6.07) is 3.41. The number of aryl methyl sites for hydroxylation is 1. The van der Waals surface area contributed by atoms with Crippen molar-refractivity contribution in [3.63, 3.8) is 0 Å². The molecule has 0 aliphatic heterocycles. The molecule has 0 spiro atoms. The summed E-state index contributed by atoms with van der Waals surface area (Å²) in [6.45, 7) is 1.50. The Bertz CT molecular complexity index is 517. The molecule has 0 saturated carbocycles. The third-order valence-corrected chi connectivity index (χ3v) is 2.19. The average molecular weight is 268 g/mol. The molecule has 0 unspecified atom stereocenters. The molecule has 1 aromatic rings. The molecule has 0 bridgehead atoms. The zero-order valence-corrected chi connectivity index (χ0v) is 9.60. The van der Waals surface area contributed by atoms with E-state index in [-0.39, 0.29) is 5.75 Å². The monoisotopic (exact) mass is 267 g/mol. The van der Waals surface area contributed by atoms with Gasteiger partial charge in [0.15, 0.2) is 0 Å². The molecular weight excluding hydrogens is 261 g/mol. The van der Waals surface area contributed by atoms with Crippen LogP contribution < -0.4 is 9.46 Å². The van der Waals surface area contributed by atoms with Crippen molar-refractivity contribution in [2.45, 2.75) is 6.92 Å². The molecule has 0 aromatic heterocycles. The fourth-order valence-electron chi connectivity index (χ4n) is 0.948. The minimum Gasteiger partial charge on any atom is -0.409 e. The highest BCUT2D eigenvalue weighted by Gasteiger charge is 2.13. The van der Waals surface area contributed by atoms with Crippen LogP contribution in [0, 0.1) is 12.7 Å². The number of rotatable bonds is 2. The first-order chi connectivity index (χ1) is 7.28. The van der Waals surface area contributed by atoms with Crippen molar-refractivity contribution in [1.29, 1.82) is 0 Å². The predicted molar refractivity (Wildman–Crippen MR) is 55.1 cm³/mol. The molecule has 1 N–H and O–H groups in total. The van der Waals surface area contributed by atoms with Gasteiger partial charge in [0.1, 0.15) is 11.6 Å². The Balaban J connectivity index is 2.78. The van der Waals surface area contributed by atoms with Gasteiger partial charge in [0.25, 0.3) is 0 Å². The molecule has 8 heteroatoms. The molecule has 88 valence electrons. The molecule has 0 fully saturated rings. The van der Waals surface area contributed by atoms with Crippen molar-refractivity contribution in [2.24, 2.45) is 0 Å². The fraction of sp³-hybridized carbons (Fsp3) is 0.125. The molecule has 0 heterocycles. The van der Waals surface area contributed by atoms with Crippen molar-refractivity contribution in [3.05, 3.63) is 29.6 Å². The summed E-state index contributed by atoms with van der Waals surface area (Å²) in [5, 5.41) is 0. The molecule has 0 atom stereocenters. The minimum atomic E-state index is -4.19. The van der Waals surface area contributed by atoms with Gasteiger partial charge in [-0.1, -0.05) is 0 Å². The van der Waals surface area contributed by atoms with Gasteiger partial charge in [0, 0.05) is 10.7 Å². The maximum absolute atomic E-state index is 12.7. The number of carbonyl (C=O) groups excluding carboxylic acids is 1. The van der Waals surface area contributed by atoms with E-state index < -0.39 is 21.1 Å². The molecule has 1 rings (SSSR count). The first-order valence-electron chi connectivity index (χ1n) is 3.98. The van der Waals surface area contributed by atoms with Gasteiger partial charge in [-0.25, -0.2) is 13.9 Å². The highest BCUT2D eigenvalue weighted by molar-refractivity contribution is 8.12. The van der Waals surface area contributed by atoms with Crippen LogP contribution in [0.25, 0.3) is 0 Å². The van der Waals surface area contributed by atoms with Gasteiger partial charge >= 0.3 is 15.3 Å². The number of carbonyl (C=O) groups is 1. The van der Waals surface area contributed by atoms with Crippen molar-refractivity contribution in [2.75, 3.05) is 0 Å². The smallest absolute Gasteiger partial charge is 0.409 e. The number of halogens is 2. The van der Waals surface area contributed by atoms with E-state index in [1.807, 2.05) is 0 Å². The number of nitrogens with one attached hydrogen (secondary N) is 1. The Kier molecular flexibility index (Phi) is 3.71. The SMILES string of the molecule is Cc1cc(F)ccc1OC(=O)NS(=O)(=O)Cl. The van der Waals surface area contributed by atoms with Crippen LogP contribution in [0.15, 0.2) is 18.2 Å². The summed E-state index contributed by atoms with van der Waals surface area (Å²) in [5.41, 5.74) is 0.349. The first-order valence-corrected chi connectivity index (χ1v) is 6.29. The van der Waals surface area contributed by atoms with Gasteiger partial charge in [-0.15, -0.1) is 0 Å². The fourth-order valence-corrected chi connectivity index (χ4v) is 1.38. The molecule has 0 saturated heterocycles. The van der Waals surface area contributed by atoms with Crippen LogP contribution in [0.3, 0.4) is 0 Å². The summed E-state index contributed by atoms with van der Waals surface area (Å²) in [4.78, 5) is 11.0. The molecule has 5 nitrogen and oxygen atoms in total. The largest absolute Gasteiger partial charge is 0.427 e. The van der Waals surface area contributed by atoms with E-state index in [0.717, 1.165) is 12.1 Å². The lowest BCUT2D eigenvalue weighted by Crippen LogP contribution is -2.29. The van der Waals surface area contributed by atoms with E-state index in [0.29, 0.717) is 5.56 Å². The maximum atomic E-state index is 12.7. The van der Waals surface area contributed by atoms with Crippen molar-refractivity contribution < 1.29 is 22.3 Å². The number of hydrogen-bond acceptors (Lipinski definition) is 4. The van der Waals surface area contributed by atoms with E-state index in [1.165, 1.54) is 17.7 Å². The van der Waals surface area contributed by atoms with Crippen LogP contribution in [0.1, 0.15) is 5.56 Å². The summed E-state index contributed by atoms with van der Waals surface area (Å²) in [6.07, 6.45) is -1.26. The molecule has 16 heavy (non-hydrogen) atoms. The molecule has 0 aliphatic rings. The topological polar surface area (TPSA) is 72.5 Å². The Morgan fingerprint density at radius 2 is 2.12 bits per heavy atom.